The molecule has 0 aliphatic carbocycles. The third-order valence-corrected chi connectivity index (χ3v) is 3.45. The second-order valence-electron chi connectivity index (χ2n) is 3.62. The largest absolute Gasteiger partial charge is 0.465 e. The highest BCUT2D eigenvalue weighted by molar-refractivity contribution is 7.12. The topological polar surface area (TPSA) is 81.4 Å². The zero-order valence-electron chi connectivity index (χ0n) is 10.1. The molecule has 1 heterocycles. The Labute approximate surface area is 104 Å². The van der Waals surface area contributed by atoms with Gasteiger partial charge in [-0.05, 0) is 24.3 Å². The molecule has 0 fully saturated rings. The third kappa shape index (κ3) is 3.04. The van der Waals surface area contributed by atoms with Crippen molar-refractivity contribution in [2.45, 2.75) is 26.3 Å². The second-order valence-corrected chi connectivity index (χ2v) is 4.50. The van der Waals surface area contributed by atoms with Crippen LogP contribution in [-0.2, 0) is 9.53 Å². The predicted octanol–water partition coefficient (Wildman–Crippen LogP) is 1.52. The Hall–Kier alpha value is -1.40. The number of methoxy groups -OCH3 is 1. The van der Waals surface area contributed by atoms with Crippen molar-refractivity contribution in [1.82, 2.24) is 0 Å². The predicted molar refractivity (Wildman–Crippen MR) is 67.3 cm³/mol. The molecule has 6 heteroatoms. The smallest absolute Gasteiger partial charge is 0.350 e. The minimum Gasteiger partial charge on any atom is -0.465 e. The van der Waals surface area contributed by atoms with Crippen molar-refractivity contribution in [3.05, 3.63) is 15.8 Å². The average Bonchev–Trinajstić information content (AvgIpc) is 2.69. The van der Waals surface area contributed by atoms with Gasteiger partial charge in [-0.2, -0.15) is 0 Å². The fourth-order valence-corrected chi connectivity index (χ4v) is 2.17. The van der Waals surface area contributed by atoms with Crippen LogP contribution in [0.15, 0.2) is 5.38 Å². The minimum atomic E-state index is -0.570. The van der Waals surface area contributed by atoms with E-state index in [9.17, 15) is 9.59 Å². The van der Waals surface area contributed by atoms with E-state index < -0.39 is 12.0 Å². The van der Waals surface area contributed by atoms with Gasteiger partial charge in [-0.1, -0.05) is 6.92 Å². The van der Waals surface area contributed by atoms with E-state index in [1.807, 2.05) is 13.8 Å². The van der Waals surface area contributed by atoms with Crippen LogP contribution in [-0.4, -0.2) is 25.0 Å². The Morgan fingerprint density at radius 2 is 2.24 bits per heavy atom. The molecule has 0 aromatic carbocycles. The fraction of sp³-hybridized carbons (Fsp3) is 0.455. The van der Waals surface area contributed by atoms with Gasteiger partial charge in [-0.25, -0.2) is 4.79 Å². The highest BCUT2D eigenvalue weighted by Crippen LogP contribution is 2.28. The molecule has 17 heavy (non-hydrogen) atoms. The number of anilines is 1. The molecule has 0 saturated carbocycles. The molecule has 0 unspecified atom stereocenters. The first-order chi connectivity index (χ1) is 8.01. The normalized spacial score (nSPS) is 12.0. The summed E-state index contributed by atoms with van der Waals surface area (Å²) in [5.41, 5.74) is 6.94. The van der Waals surface area contributed by atoms with Gasteiger partial charge >= 0.3 is 5.97 Å². The monoisotopic (exact) mass is 256 g/mol. The van der Waals surface area contributed by atoms with Crippen molar-refractivity contribution in [2.75, 3.05) is 12.4 Å². The van der Waals surface area contributed by atoms with Crippen molar-refractivity contribution in [3.8, 4) is 0 Å². The first-order valence-corrected chi connectivity index (χ1v) is 6.12. The maximum Gasteiger partial charge on any atom is 0.350 e. The molecule has 1 amide bonds. The highest BCUT2D eigenvalue weighted by atomic mass is 32.1. The molecule has 0 aliphatic heterocycles. The second kappa shape index (κ2) is 5.79. The number of carbonyl (C=O) groups excluding carboxylic acids is 2. The highest BCUT2D eigenvalue weighted by Gasteiger charge is 2.20. The number of aryl methyl sites for hydroxylation is 1. The zero-order valence-corrected chi connectivity index (χ0v) is 10.9. The molecule has 0 spiro atoms. The van der Waals surface area contributed by atoms with Gasteiger partial charge in [0.25, 0.3) is 0 Å². The van der Waals surface area contributed by atoms with Gasteiger partial charge in [0.2, 0.25) is 5.91 Å². The number of esters is 1. The number of ether oxygens (including phenoxy) is 1. The maximum absolute atomic E-state index is 11.7. The van der Waals surface area contributed by atoms with Crippen LogP contribution in [0.4, 0.5) is 5.69 Å². The molecule has 94 valence electrons. The number of thiophene rings is 1. The molecule has 0 saturated heterocycles. The lowest BCUT2D eigenvalue weighted by Crippen LogP contribution is -2.35. The Balaban J connectivity index is 2.94. The summed E-state index contributed by atoms with van der Waals surface area (Å²) in [5, 5.41) is 4.46. The molecule has 3 N–H and O–H groups in total. The quantitative estimate of drug-likeness (QED) is 0.800. The summed E-state index contributed by atoms with van der Waals surface area (Å²) in [7, 11) is 1.31. The van der Waals surface area contributed by atoms with E-state index in [-0.39, 0.29) is 5.91 Å². The number of rotatable bonds is 4. The molecule has 1 aromatic heterocycles. The van der Waals surface area contributed by atoms with Crippen LogP contribution in [0.2, 0.25) is 0 Å². The lowest BCUT2D eigenvalue weighted by Gasteiger charge is -2.11. The van der Waals surface area contributed by atoms with Crippen LogP contribution in [0.25, 0.3) is 0 Å². The average molecular weight is 256 g/mol. The van der Waals surface area contributed by atoms with Gasteiger partial charge in [0, 0.05) is 0 Å². The van der Waals surface area contributed by atoms with E-state index in [1.54, 1.807) is 5.38 Å². The summed E-state index contributed by atoms with van der Waals surface area (Å²) >= 11 is 1.24. The van der Waals surface area contributed by atoms with Crippen LogP contribution in [0.5, 0.6) is 0 Å². The van der Waals surface area contributed by atoms with Crippen LogP contribution in [0.3, 0.4) is 0 Å². The summed E-state index contributed by atoms with van der Waals surface area (Å²) in [6.07, 6.45) is 0.544. The first kappa shape index (κ1) is 13.7. The Morgan fingerprint density at radius 3 is 2.76 bits per heavy atom. The summed E-state index contributed by atoms with van der Waals surface area (Å²) in [4.78, 5) is 23.5. The number of hydrogen-bond donors (Lipinski definition) is 2. The SMILES string of the molecule is CC[C@@H](N)C(=O)Nc1c(C)csc1C(=O)OC. The summed E-state index contributed by atoms with van der Waals surface area (Å²) in [6.45, 7) is 3.64. The van der Waals surface area contributed by atoms with Crippen molar-refractivity contribution < 1.29 is 14.3 Å². The Morgan fingerprint density at radius 1 is 1.59 bits per heavy atom. The fourth-order valence-electron chi connectivity index (χ4n) is 1.24. The van der Waals surface area contributed by atoms with E-state index >= 15 is 0 Å². The number of nitrogens with two attached hydrogens (primary N) is 1. The lowest BCUT2D eigenvalue weighted by atomic mass is 10.2. The zero-order chi connectivity index (χ0) is 13.0. The maximum atomic E-state index is 11.7. The van der Waals surface area contributed by atoms with Gasteiger partial charge < -0.3 is 15.8 Å². The summed E-state index contributed by atoms with van der Waals surface area (Å²) in [6, 6.07) is -0.570. The molecule has 1 rings (SSSR count). The Bertz CT molecular complexity index is 428. The Kier molecular flexibility index (Phi) is 4.65. The molecule has 1 aromatic rings. The summed E-state index contributed by atoms with van der Waals surface area (Å²) < 4.78 is 4.65. The van der Waals surface area contributed by atoms with E-state index in [1.165, 1.54) is 18.4 Å². The van der Waals surface area contributed by atoms with Crippen molar-refractivity contribution in [1.29, 1.82) is 0 Å². The van der Waals surface area contributed by atoms with Crippen LogP contribution < -0.4 is 11.1 Å². The minimum absolute atomic E-state index is 0.292. The summed E-state index contributed by atoms with van der Waals surface area (Å²) in [5.74, 6) is -0.748. The number of amides is 1. The van der Waals surface area contributed by atoms with E-state index in [0.717, 1.165) is 5.56 Å². The molecule has 1 atom stereocenters. The van der Waals surface area contributed by atoms with E-state index in [4.69, 9.17) is 5.73 Å². The number of carbonyl (C=O) groups is 2. The van der Waals surface area contributed by atoms with Gasteiger partial charge in [0.1, 0.15) is 4.88 Å². The number of hydrogen-bond acceptors (Lipinski definition) is 5. The molecular weight excluding hydrogens is 240 g/mol. The van der Waals surface area contributed by atoms with Crippen LogP contribution in [0, 0.1) is 6.92 Å². The number of nitrogens with one attached hydrogen (secondary N) is 1. The van der Waals surface area contributed by atoms with Gasteiger partial charge in [0.15, 0.2) is 0 Å². The molecule has 0 radical (unpaired) electrons. The lowest BCUT2D eigenvalue weighted by molar-refractivity contribution is -0.117. The van der Waals surface area contributed by atoms with E-state index in [0.29, 0.717) is 17.0 Å². The van der Waals surface area contributed by atoms with Gasteiger partial charge in [-0.15, -0.1) is 11.3 Å². The van der Waals surface area contributed by atoms with Crippen molar-refractivity contribution in [2.24, 2.45) is 5.73 Å². The molecular formula is C11H16N2O3S. The van der Waals surface area contributed by atoms with Crippen molar-refractivity contribution in [3.63, 3.8) is 0 Å². The molecule has 0 aliphatic rings. The standard InChI is InChI=1S/C11H16N2O3S/c1-4-7(12)10(14)13-8-6(2)5-17-9(8)11(15)16-3/h5,7H,4,12H2,1-3H3,(H,13,14)/t7-/m1/s1. The van der Waals surface area contributed by atoms with Crippen LogP contribution >= 0.6 is 11.3 Å². The van der Waals surface area contributed by atoms with Crippen molar-refractivity contribution >= 4 is 28.9 Å². The van der Waals surface area contributed by atoms with Crippen LogP contribution in [0.1, 0.15) is 28.6 Å². The van der Waals surface area contributed by atoms with Gasteiger partial charge in [0.05, 0.1) is 18.8 Å². The molecule has 5 nitrogen and oxygen atoms in total. The van der Waals surface area contributed by atoms with Gasteiger partial charge in [-0.3, -0.25) is 4.79 Å². The third-order valence-electron chi connectivity index (χ3n) is 2.37. The van der Waals surface area contributed by atoms with E-state index in [2.05, 4.69) is 10.1 Å². The molecule has 0 bridgehead atoms. The first-order valence-electron chi connectivity index (χ1n) is 5.24.